The first-order chi connectivity index (χ1) is 16.6. The summed E-state index contributed by atoms with van der Waals surface area (Å²) in [5.41, 5.74) is 2.70. The fraction of sp³-hybridized carbons (Fsp3) is 0.423. The zero-order valence-electron chi connectivity index (χ0n) is 19.7. The molecule has 1 fully saturated rings. The highest BCUT2D eigenvalue weighted by Crippen LogP contribution is 2.28. The van der Waals surface area contributed by atoms with Crippen molar-refractivity contribution in [2.24, 2.45) is 0 Å². The van der Waals surface area contributed by atoms with E-state index in [1.54, 1.807) is 11.9 Å². The molecule has 0 bridgehead atoms. The number of hydrogen-bond donors (Lipinski definition) is 2. The number of ether oxygens (including phenoxy) is 1. The van der Waals surface area contributed by atoms with Crippen LogP contribution in [0.25, 0.3) is 11.1 Å². The maximum Gasteiger partial charge on any atom is 0.411 e. The minimum atomic E-state index is -0.442. The maximum absolute atomic E-state index is 12.5. The number of rotatable bonds is 11. The predicted octanol–water partition coefficient (Wildman–Crippen LogP) is 3.35. The van der Waals surface area contributed by atoms with Gasteiger partial charge in [-0.15, -0.1) is 0 Å². The van der Waals surface area contributed by atoms with Crippen molar-refractivity contribution < 1.29 is 19.1 Å². The quantitative estimate of drug-likeness (QED) is 0.392. The second kappa shape index (κ2) is 13.3. The van der Waals surface area contributed by atoms with E-state index in [9.17, 15) is 14.4 Å². The van der Waals surface area contributed by atoms with E-state index < -0.39 is 6.09 Å². The largest absolute Gasteiger partial charge is 0.446 e. The number of nitrogens with zero attached hydrogens (tertiary/aromatic N) is 2. The van der Waals surface area contributed by atoms with Crippen molar-refractivity contribution in [3.05, 3.63) is 54.6 Å². The molecule has 0 saturated carbocycles. The highest BCUT2D eigenvalue weighted by Gasteiger charge is 2.23. The lowest BCUT2D eigenvalue weighted by atomic mass is 10.0. The van der Waals surface area contributed by atoms with Crippen molar-refractivity contribution >= 4 is 24.1 Å². The summed E-state index contributed by atoms with van der Waals surface area (Å²) in [6.07, 6.45) is 2.78. The van der Waals surface area contributed by atoms with E-state index in [-0.39, 0.29) is 12.0 Å². The first-order valence-corrected chi connectivity index (χ1v) is 11.8. The van der Waals surface area contributed by atoms with E-state index in [1.165, 1.54) is 0 Å². The van der Waals surface area contributed by atoms with E-state index in [0.29, 0.717) is 32.5 Å². The average Bonchev–Trinajstić information content (AvgIpc) is 2.86. The standard InChI is InChI=1S/C26H34N4O4/c1-29(16-7-15-27-20-31)25(32)14-19-30-17-12-22(13-18-30)34-26(33)28-24-11-6-5-10-23(24)21-8-3-2-4-9-21/h2-6,8-11,20,22H,7,12-19H2,1H3,(H,27,31)(H,28,33). The van der Waals surface area contributed by atoms with Gasteiger partial charge in [0.15, 0.2) is 0 Å². The number of piperidine rings is 1. The zero-order chi connectivity index (χ0) is 24.2. The molecule has 0 spiro atoms. The van der Waals surface area contributed by atoms with E-state index in [1.807, 2.05) is 54.6 Å². The van der Waals surface area contributed by atoms with Crippen LogP contribution in [0.3, 0.4) is 0 Å². The summed E-state index contributed by atoms with van der Waals surface area (Å²) in [6, 6.07) is 17.6. The monoisotopic (exact) mass is 466 g/mol. The molecule has 182 valence electrons. The molecule has 0 aliphatic carbocycles. The normalized spacial score (nSPS) is 14.3. The van der Waals surface area contributed by atoms with Gasteiger partial charge in [-0.05, 0) is 30.9 Å². The minimum absolute atomic E-state index is 0.0981. The third-order valence-corrected chi connectivity index (χ3v) is 6.02. The summed E-state index contributed by atoms with van der Waals surface area (Å²) < 4.78 is 5.68. The number of benzene rings is 2. The molecule has 1 heterocycles. The smallest absolute Gasteiger partial charge is 0.411 e. The van der Waals surface area contributed by atoms with Gasteiger partial charge in [0.2, 0.25) is 12.3 Å². The van der Waals surface area contributed by atoms with E-state index in [2.05, 4.69) is 15.5 Å². The summed E-state index contributed by atoms with van der Waals surface area (Å²) in [5.74, 6) is 0.0981. The fourth-order valence-electron chi connectivity index (χ4n) is 4.05. The molecule has 1 aliphatic rings. The van der Waals surface area contributed by atoms with Crippen molar-refractivity contribution in [2.75, 3.05) is 45.1 Å². The Hall–Kier alpha value is -3.39. The molecule has 8 heteroatoms. The summed E-state index contributed by atoms with van der Waals surface area (Å²) in [4.78, 5) is 39.0. The van der Waals surface area contributed by atoms with E-state index in [4.69, 9.17) is 4.74 Å². The van der Waals surface area contributed by atoms with Crippen molar-refractivity contribution in [3.63, 3.8) is 0 Å². The number of anilines is 1. The van der Waals surface area contributed by atoms with Crippen molar-refractivity contribution in [1.29, 1.82) is 0 Å². The number of carbonyl (C=O) groups excluding carboxylic acids is 3. The van der Waals surface area contributed by atoms with Crippen LogP contribution in [0.1, 0.15) is 25.7 Å². The molecule has 3 amide bonds. The molecule has 0 radical (unpaired) electrons. The Morgan fingerprint density at radius 2 is 1.79 bits per heavy atom. The number of likely N-dealkylation sites (tertiary alicyclic amines) is 1. The van der Waals surface area contributed by atoms with Crippen LogP contribution in [0.15, 0.2) is 54.6 Å². The maximum atomic E-state index is 12.5. The summed E-state index contributed by atoms with van der Waals surface area (Å²) in [7, 11) is 1.79. The number of carbonyl (C=O) groups is 3. The Labute approximate surface area is 201 Å². The lowest BCUT2D eigenvalue weighted by molar-refractivity contribution is -0.130. The first kappa shape index (κ1) is 25.2. The molecule has 2 aromatic carbocycles. The minimum Gasteiger partial charge on any atom is -0.446 e. The number of para-hydroxylation sites is 1. The Bertz CT molecular complexity index is 929. The highest BCUT2D eigenvalue weighted by atomic mass is 16.6. The summed E-state index contributed by atoms with van der Waals surface area (Å²) in [6.45, 7) is 3.47. The van der Waals surface area contributed by atoms with Crippen LogP contribution >= 0.6 is 0 Å². The zero-order valence-corrected chi connectivity index (χ0v) is 19.7. The van der Waals surface area contributed by atoms with Gasteiger partial charge in [-0.25, -0.2) is 4.79 Å². The molecule has 0 unspecified atom stereocenters. The first-order valence-electron chi connectivity index (χ1n) is 11.8. The van der Waals surface area contributed by atoms with Gasteiger partial charge in [-0.3, -0.25) is 14.9 Å². The van der Waals surface area contributed by atoms with Gasteiger partial charge in [-0.2, -0.15) is 0 Å². The van der Waals surface area contributed by atoms with E-state index in [0.717, 1.165) is 49.2 Å². The molecule has 1 saturated heterocycles. The molecule has 0 atom stereocenters. The predicted molar refractivity (Wildman–Crippen MR) is 132 cm³/mol. The van der Waals surface area contributed by atoms with Gasteiger partial charge in [-0.1, -0.05) is 48.5 Å². The Balaban J connectivity index is 1.38. The molecule has 8 nitrogen and oxygen atoms in total. The van der Waals surface area contributed by atoms with Crippen molar-refractivity contribution in [2.45, 2.75) is 31.8 Å². The van der Waals surface area contributed by atoms with Crippen molar-refractivity contribution in [3.8, 4) is 11.1 Å². The molecule has 0 aromatic heterocycles. The lowest BCUT2D eigenvalue weighted by Gasteiger charge is -2.31. The van der Waals surface area contributed by atoms with Crippen LogP contribution in [0.4, 0.5) is 10.5 Å². The number of hydrogen-bond acceptors (Lipinski definition) is 5. The number of nitrogens with one attached hydrogen (secondary N) is 2. The molecule has 34 heavy (non-hydrogen) atoms. The topological polar surface area (TPSA) is 91.0 Å². The molecule has 2 N–H and O–H groups in total. The number of amides is 3. The van der Waals surface area contributed by atoms with Crippen LogP contribution in [0.2, 0.25) is 0 Å². The molecule has 2 aromatic rings. The van der Waals surface area contributed by atoms with Crippen LogP contribution in [-0.4, -0.2) is 74.1 Å². The van der Waals surface area contributed by atoms with Gasteiger partial charge < -0.3 is 19.9 Å². The molecule has 1 aliphatic heterocycles. The average molecular weight is 467 g/mol. The van der Waals surface area contributed by atoms with Crippen LogP contribution < -0.4 is 10.6 Å². The van der Waals surface area contributed by atoms with Crippen LogP contribution in [0.5, 0.6) is 0 Å². The summed E-state index contributed by atoms with van der Waals surface area (Å²) in [5, 5.41) is 5.50. The van der Waals surface area contributed by atoms with E-state index >= 15 is 0 Å². The molecule has 3 rings (SSSR count). The third-order valence-electron chi connectivity index (χ3n) is 6.02. The summed E-state index contributed by atoms with van der Waals surface area (Å²) >= 11 is 0. The Morgan fingerprint density at radius 3 is 2.53 bits per heavy atom. The van der Waals surface area contributed by atoms with Crippen molar-refractivity contribution in [1.82, 2.24) is 15.1 Å². The molecular weight excluding hydrogens is 432 g/mol. The Morgan fingerprint density at radius 1 is 1.09 bits per heavy atom. The second-order valence-corrected chi connectivity index (χ2v) is 8.47. The van der Waals surface area contributed by atoms with Gasteiger partial charge in [0.25, 0.3) is 0 Å². The third kappa shape index (κ3) is 7.88. The Kier molecular flexibility index (Phi) is 9.91. The van der Waals surface area contributed by atoms with Crippen LogP contribution in [0, 0.1) is 0 Å². The lowest BCUT2D eigenvalue weighted by Crippen LogP contribution is -2.40. The second-order valence-electron chi connectivity index (χ2n) is 8.47. The van der Waals surface area contributed by atoms with Gasteiger partial charge in [0.05, 0.1) is 5.69 Å². The highest BCUT2D eigenvalue weighted by molar-refractivity contribution is 5.91. The molecular formula is C26H34N4O4. The van der Waals surface area contributed by atoms with Gasteiger partial charge >= 0.3 is 6.09 Å². The SMILES string of the molecule is CN(CCCNC=O)C(=O)CCN1CCC(OC(=O)Nc2ccccc2-c2ccccc2)CC1. The van der Waals surface area contributed by atoms with Gasteiger partial charge in [0, 0.05) is 51.8 Å². The fourth-order valence-corrected chi connectivity index (χ4v) is 4.05. The van der Waals surface area contributed by atoms with Gasteiger partial charge in [0.1, 0.15) is 6.10 Å². The van der Waals surface area contributed by atoms with Crippen LogP contribution in [-0.2, 0) is 14.3 Å².